The number of nitriles is 1. The van der Waals surface area contributed by atoms with E-state index >= 15 is 0 Å². The van der Waals surface area contributed by atoms with E-state index in [1.165, 1.54) is 0 Å². The molecule has 1 fully saturated rings. The second-order valence-corrected chi connectivity index (χ2v) is 5.35. The Morgan fingerprint density at radius 2 is 2.00 bits per heavy atom. The van der Waals surface area contributed by atoms with Crippen molar-refractivity contribution in [3.8, 4) is 6.07 Å². The fourth-order valence-corrected chi connectivity index (χ4v) is 2.48. The van der Waals surface area contributed by atoms with E-state index in [1.54, 1.807) is 4.90 Å². The molecule has 0 saturated carbocycles. The number of anilines is 1. The van der Waals surface area contributed by atoms with Gasteiger partial charge in [0.1, 0.15) is 0 Å². The first kappa shape index (κ1) is 14.4. The van der Waals surface area contributed by atoms with Crippen molar-refractivity contribution in [3.05, 3.63) is 30.3 Å². The summed E-state index contributed by atoms with van der Waals surface area (Å²) in [4.78, 5) is 16.3. The summed E-state index contributed by atoms with van der Waals surface area (Å²) >= 11 is 0. The van der Waals surface area contributed by atoms with Crippen LogP contribution in [0.5, 0.6) is 0 Å². The smallest absolute Gasteiger partial charge is 0.324 e. The summed E-state index contributed by atoms with van der Waals surface area (Å²) in [6.07, 6.45) is 2.48. The molecule has 1 saturated heterocycles. The summed E-state index contributed by atoms with van der Waals surface area (Å²) in [7, 11) is 0. The Labute approximate surface area is 120 Å². The normalized spacial score (nSPS) is 15.7. The molecular formula is C16H21N3O. The van der Waals surface area contributed by atoms with Crippen molar-refractivity contribution in [1.82, 2.24) is 4.90 Å². The SMILES string of the molecule is CC1CCN(C(=O)N(CCC#N)c2ccccc2)CC1. The van der Waals surface area contributed by atoms with E-state index in [0.29, 0.717) is 18.9 Å². The van der Waals surface area contributed by atoms with Crippen molar-refractivity contribution >= 4 is 11.7 Å². The predicted molar refractivity (Wildman–Crippen MR) is 79.4 cm³/mol. The molecule has 1 aromatic rings. The van der Waals surface area contributed by atoms with E-state index in [2.05, 4.69) is 13.0 Å². The fourth-order valence-electron chi connectivity index (χ4n) is 2.48. The maximum atomic E-state index is 12.7. The molecule has 0 unspecified atom stereocenters. The predicted octanol–water partition coefficient (Wildman–Crippen LogP) is 3.26. The van der Waals surface area contributed by atoms with Gasteiger partial charge in [-0.2, -0.15) is 5.26 Å². The average Bonchev–Trinajstić information content (AvgIpc) is 2.49. The van der Waals surface area contributed by atoms with Crippen LogP contribution in [0.15, 0.2) is 30.3 Å². The molecule has 4 heteroatoms. The van der Waals surface area contributed by atoms with Crippen LogP contribution in [0.4, 0.5) is 10.5 Å². The van der Waals surface area contributed by atoms with Crippen molar-refractivity contribution in [2.45, 2.75) is 26.2 Å². The summed E-state index contributed by atoms with van der Waals surface area (Å²) < 4.78 is 0. The molecule has 0 aliphatic carbocycles. The first-order chi connectivity index (χ1) is 9.72. The molecule has 1 aromatic carbocycles. The van der Waals surface area contributed by atoms with E-state index in [9.17, 15) is 4.79 Å². The van der Waals surface area contributed by atoms with Crippen molar-refractivity contribution in [3.63, 3.8) is 0 Å². The topological polar surface area (TPSA) is 47.3 Å². The molecule has 1 aliphatic heterocycles. The number of hydrogen-bond acceptors (Lipinski definition) is 2. The highest BCUT2D eigenvalue weighted by molar-refractivity contribution is 5.92. The van der Waals surface area contributed by atoms with Gasteiger partial charge in [0, 0.05) is 25.3 Å². The van der Waals surface area contributed by atoms with Crippen molar-refractivity contribution in [2.75, 3.05) is 24.5 Å². The van der Waals surface area contributed by atoms with E-state index < -0.39 is 0 Å². The number of nitrogens with zero attached hydrogens (tertiary/aromatic N) is 3. The lowest BCUT2D eigenvalue weighted by Crippen LogP contribution is -2.47. The second-order valence-electron chi connectivity index (χ2n) is 5.35. The van der Waals surface area contributed by atoms with Crippen LogP contribution in [-0.4, -0.2) is 30.6 Å². The van der Waals surface area contributed by atoms with Crippen LogP contribution < -0.4 is 4.90 Å². The molecule has 0 radical (unpaired) electrons. The van der Waals surface area contributed by atoms with Gasteiger partial charge in [-0.15, -0.1) is 0 Å². The van der Waals surface area contributed by atoms with Crippen LogP contribution in [0.1, 0.15) is 26.2 Å². The highest BCUT2D eigenvalue weighted by Gasteiger charge is 2.25. The van der Waals surface area contributed by atoms with Crippen LogP contribution >= 0.6 is 0 Å². The number of para-hydroxylation sites is 1. The summed E-state index contributed by atoms with van der Waals surface area (Å²) in [5.74, 6) is 0.698. The van der Waals surface area contributed by atoms with Gasteiger partial charge in [-0.3, -0.25) is 4.90 Å². The number of piperidine rings is 1. The van der Waals surface area contributed by atoms with Crippen molar-refractivity contribution < 1.29 is 4.79 Å². The molecule has 2 rings (SSSR count). The number of rotatable bonds is 3. The van der Waals surface area contributed by atoms with Gasteiger partial charge in [-0.25, -0.2) is 4.79 Å². The minimum absolute atomic E-state index is 0.0263. The number of likely N-dealkylation sites (tertiary alicyclic amines) is 1. The van der Waals surface area contributed by atoms with Gasteiger partial charge in [0.05, 0.1) is 12.5 Å². The number of hydrogen-bond donors (Lipinski definition) is 0. The van der Waals surface area contributed by atoms with Crippen LogP contribution in [0.3, 0.4) is 0 Å². The Kier molecular flexibility index (Phi) is 5.00. The molecule has 0 aromatic heterocycles. The summed E-state index contributed by atoms with van der Waals surface area (Å²) in [5, 5.41) is 8.79. The Morgan fingerprint density at radius 1 is 1.35 bits per heavy atom. The number of benzene rings is 1. The lowest BCUT2D eigenvalue weighted by atomic mass is 9.99. The van der Waals surface area contributed by atoms with Gasteiger partial charge < -0.3 is 4.90 Å². The minimum atomic E-state index is 0.0263. The third-order valence-corrected chi connectivity index (χ3v) is 3.80. The van der Waals surface area contributed by atoms with E-state index in [4.69, 9.17) is 5.26 Å². The molecule has 1 heterocycles. The number of carbonyl (C=O) groups excluding carboxylic acids is 1. The van der Waals surface area contributed by atoms with Gasteiger partial charge in [0.15, 0.2) is 0 Å². The Bertz CT molecular complexity index is 472. The Balaban J connectivity index is 2.10. The van der Waals surface area contributed by atoms with Gasteiger partial charge >= 0.3 is 6.03 Å². The lowest BCUT2D eigenvalue weighted by Gasteiger charge is -2.34. The highest BCUT2D eigenvalue weighted by Crippen LogP contribution is 2.21. The minimum Gasteiger partial charge on any atom is -0.324 e. The molecule has 1 aliphatic rings. The first-order valence-electron chi connectivity index (χ1n) is 7.21. The van der Waals surface area contributed by atoms with Crippen LogP contribution in [0.2, 0.25) is 0 Å². The molecule has 0 bridgehead atoms. The second kappa shape index (κ2) is 6.95. The van der Waals surface area contributed by atoms with Gasteiger partial charge in [0.2, 0.25) is 0 Å². The fraction of sp³-hybridized carbons (Fsp3) is 0.500. The van der Waals surface area contributed by atoms with Gasteiger partial charge in [-0.1, -0.05) is 25.1 Å². The van der Waals surface area contributed by atoms with Gasteiger partial charge in [0.25, 0.3) is 0 Å². The molecule has 0 N–H and O–H groups in total. The van der Waals surface area contributed by atoms with E-state index in [1.807, 2.05) is 35.2 Å². The maximum absolute atomic E-state index is 12.7. The van der Waals surface area contributed by atoms with Crippen LogP contribution in [0, 0.1) is 17.2 Å². The molecule has 20 heavy (non-hydrogen) atoms. The highest BCUT2D eigenvalue weighted by atomic mass is 16.2. The molecule has 106 valence electrons. The first-order valence-corrected chi connectivity index (χ1v) is 7.21. The number of carbonyl (C=O) groups is 1. The van der Waals surface area contributed by atoms with Crippen LogP contribution in [-0.2, 0) is 0 Å². The van der Waals surface area contributed by atoms with Gasteiger partial charge in [-0.05, 0) is 30.9 Å². The van der Waals surface area contributed by atoms with Crippen molar-refractivity contribution in [1.29, 1.82) is 5.26 Å². The van der Waals surface area contributed by atoms with E-state index in [0.717, 1.165) is 31.6 Å². The molecular weight excluding hydrogens is 250 g/mol. The number of urea groups is 1. The molecule has 0 atom stereocenters. The third kappa shape index (κ3) is 3.51. The molecule has 2 amide bonds. The molecule has 4 nitrogen and oxygen atoms in total. The summed E-state index contributed by atoms with van der Waals surface area (Å²) in [6, 6.07) is 11.7. The monoisotopic (exact) mass is 271 g/mol. The average molecular weight is 271 g/mol. The maximum Gasteiger partial charge on any atom is 0.324 e. The van der Waals surface area contributed by atoms with E-state index in [-0.39, 0.29) is 6.03 Å². The lowest BCUT2D eigenvalue weighted by molar-refractivity contribution is 0.180. The zero-order chi connectivity index (χ0) is 14.4. The zero-order valence-electron chi connectivity index (χ0n) is 12.0. The van der Waals surface area contributed by atoms with Crippen LogP contribution in [0.25, 0.3) is 0 Å². The van der Waals surface area contributed by atoms with Crippen molar-refractivity contribution in [2.24, 2.45) is 5.92 Å². The Morgan fingerprint density at radius 3 is 2.60 bits per heavy atom. The summed E-state index contributed by atoms with van der Waals surface area (Å²) in [5.41, 5.74) is 0.867. The largest absolute Gasteiger partial charge is 0.324 e. The standard InChI is InChI=1S/C16H21N3O/c1-14-8-12-18(13-9-14)16(20)19(11-5-10-17)15-6-3-2-4-7-15/h2-4,6-7,14H,5,8-9,11-13H2,1H3. The third-order valence-electron chi connectivity index (χ3n) is 3.80. The Hall–Kier alpha value is -2.02. The quantitative estimate of drug-likeness (QED) is 0.847. The zero-order valence-corrected chi connectivity index (χ0v) is 12.0. The summed E-state index contributed by atoms with van der Waals surface area (Å²) in [6.45, 7) is 4.31. The number of amides is 2. The molecule has 0 spiro atoms.